The Kier molecular flexibility index (Phi) is 4.60. The molecular formula is C13H11Br2NO2. The number of halogens is 2. The molecule has 18 heavy (non-hydrogen) atoms. The summed E-state index contributed by atoms with van der Waals surface area (Å²) >= 11 is 6.86. The molecule has 1 aromatic carbocycles. The van der Waals surface area contributed by atoms with Crippen molar-refractivity contribution in [2.24, 2.45) is 0 Å². The van der Waals surface area contributed by atoms with Gasteiger partial charge in [0.05, 0.1) is 11.6 Å². The van der Waals surface area contributed by atoms with Crippen LogP contribution in [-0.2, 0) is 5.33 Å². The van der Waals surface area contributed by atoms with Crippen LogP contribution in [-0.4, -0.2) is 12.1 Å². The summed E-state index contributed by atoms with van der Waals surface area (Å²) in [6, 6.07) is 9.39. The molecule has 0 atom stereocenters. The topological polar surface area (TPSA) is 31.4 Å². The zero-order valence-electron chi connectivity index (χ0n) is 9.69. The van der Waals surface area contributed by atoms with Gasteiger partial charge in [-0.05, 0) is 40.2 Å². The molecule has 0 N–H and O–H groups in total. The van der Waals surface area contributed by atoms with Crippen molar-refractivity contribution in [2.45, 2.75) is 5.33 Å². The number of nitrogens with zero attached hydrogens (tertiary/aromatic N) is 1. The van der Waals surface area contributed by atoms with E-state index in [1.54, 1.807) is 13.3 Å². The van der Waals surface area contributed by atoms with Crippen LogP contribution in [0.4, 0.5) is 0 Å². The molecule has 0 saturated heterocycles. The van der Waals surface area contributed by atoms with Crippen LogP contribution in [0.5, 0.6) is 17.4 Å². The van der Waals surface area contributed by atoms with Crippen molar-refractivity contribution < 1.29 is 9.47 Å². The highest BCUT2D eigenvalue weighted by Crippen LogP contribution is 2.33. The summed E-state index contributed by atoms with van der Waals surface area (Å²) in [5.74, 6) is 2.08. The number of pyridine rings is 1. The average molecular weight is 373 g/mol. The normalized spacial score (nSPS) is 10.2. The van der Waals surface area contributed by atoms with Crippen LogP contribution < -0.4 is 9.47 Å². The van der Waals surface area contributed by atoms with E-state index in [0.29, 0.717) is 17.0 Å². The number of alkyl halides is 1. The Morgan fingerprint density at radius 1 is 1.28 bits per heavy atom. The van der Waals surface area contributed by atoms with Gasteiger partial charge in [0.15, 0.2) is 0 Å². The molecule has 0 saturated carbocycles. The minimum Gasteiger partial charge on any atom is -0.497 e. The van der Waals surface area contributed by atoms with Gasteiger partial charge in [0.1, 0.15) is 11.5 Å². The van der Waals surface area contributed by atoms with Gasteiger partial charge >= 0.3 is 0 Å². The van der Waals surface area contributed by atoms with Gasteiger partial charge in [0, 0.05) is 17.1 Å². The fraction of sp³-hybridized carbons (Fsp3) is 0.154. The number of rotatable bonds is 4. The molecule has 2 rings (SSSR count). The number of benzene rings is 1. The molecule has 0 fully saturated rings. The van der Waals surface area contributed by atoms with Crippen molar-refractivity contribution in [3.63, 3.8) is 0 Å². The van der Waals surface area contributed by atoms with Crippen molar-refractivity contribution in [1.29, 1.82) is 0 Å². The van der Waals surface area contributed by atoms with Gasteiger partial charge in [0.25, 0.3) is 0 Å². The van der Waals surface area contributed by atoms with Gasteiger partial charge in [-0.1, -0.05) is 22.0 Å². The molecule has 0 amide bonds. The van der Waals surface area contributed by atoms with E-state index in [0.717, 1.165) is 15.8 Å². The second-order valence-electron chi connectivity index (χ2n) is 3.50. The number of hydrogen-bond donors (Lipinski definition) is 0. The first-order valence-corrected chi connectivity index (χ1v) is 7.17. The van der Waals surface area contributed by atoms with Crippen LogP contribution in [0.2, 0.25) is 0 Å². The van der Waals surface area contributed by atoms with Crippen LogP contribution in [0.3, 0.4) is 0 Å². The first kappa shape index (κ1) is 13.4. The maximum absolute atomic E-state index is 5.79. The predicted molar refractivity (Wildman–Crippen MR) is 77.6 cm³/mol. The zero-order valence-corrected chi connectivity index (χ0v) is 12.9. The van der Waals surface area contributed by atoms with Gasteiger partial charge < -0.3 is 9.47 Å². The molecule has 94 valence electrons. The average Bonchev–Trinajstić information content (AvgIpc) is 2.41. The van der Waals surface area contributed by atoms with Gasteiger partial charge in [-0.15, -0.1) is 0 Å². The van der Waals surface area contributed by atoms with E-state index in [9.17, 15) is 0 Å². The molecule has 0 aliphatic heterocycles. The van der Waals surface area contributed by atoms with Crippen molar-refractivity contribution in [3.05, 3.63) is 46.6 Å². The summed E-state index contributed by atoms with van der Waals surface area (Å²) in [6.45, 7) is 0. The third-order valence-corrected chi connectivity index (χ3v) is 3.56. The van der Waals surface area contributed by atoms with E-state index in [-0.39, 0.29) is 0 Å². The summed E-state index contributed by atoms with van der Waals surface area (Å²) in [4.78, 5) is 4.22. The maximum Gasteiger partial charge on any atom is 0.223 e. The maximum atomic E-state index is 5.79. The lowest BCUT2D eigenvalue weighted by Gasteiger charge is -2.10. The number of ether oxygens (including phenoxy) is 2. The minimum atomic E-state index is 0.597. The molecule has 1 heterocycles. The second kappa shape index (κ2) is 6.20. The molecule has 2 aromatic rings. The Labute approximate surface area is 122 Å². The van der Waals surface area contributed by atoms with Crippen LogP contribution in [0.25, 0.3) is 0 Å². The number of hydrogen-bond acceptors (Lipinski definition) is 3. The van der Waals surface area contributed by atoms with E-state index < -0.39 is 0 Å². The largest absolute Gasteiger partial charge is 0.497 e. The van der Waals surface area contributed by atoms with E-state index >= 15 is 0 Å². The Morgan fingerprint density at radius 3 is 2.78 bits per heavy atom. The van der Waals surface area contributed by atoms with Crippen LogP contribution in [0.1, 0.15) is 5.56 Å². The van der Waals surface area contributed by atoms with E-state index in [4.69, 9.17) is 9.47 Å². The first-order valence-electron chi connectivity index (χ1n) is 5.26. The molecule has 0 unspecified atom stereocenters. The summed E-state index contributed by atoms with van der Waals surface area (Å²) in [5, 5.41) is 0.698. The van der Waals surface area contributed by atoms with Gasteiger partial charge in [0.2, 0.25) is 5.88 Å². The molecule has 3 nitrogen and oxygen atoms in total. The summed E-state index contributed by atoms with van der Waals surface area (Å²) in [5.41, 5.74) is 1.00. The Hall–Kier alpha value is -1.07. The van der Waals surface area contributed by atoms with E-state index in [2.05, 4.69) is 36.8 Å². The smallest absolute Gasteiger partial charge is 0.223 e. The van der Waals surface area contributed by atoms with E-state index in [1.807, 2.05) is 30.3 Å². The Bertz CT molecular complexity index is 546. The highest BCUT2D eigenvalue weighted by Gasteiger charge is 2.08. The monoisotopic (exact) mass is 371 g/mol. The van der Waals surface area contributed by atoms with Crippen molar-refractivity contribution in [3.8, 4) is 17.4 Å². The molecule has 0 bridgehead atoms. The SMILES string of the molecule is COc1ccc(Oc2ncccc2CBr)c(Br)c1. The summed E-state index contributed by atoms with van der Waals surface area (Å²) in [7, 11) is 1.63. The lowest BCUT2D eigenvalue weighted by Crippen LogP contribution is -1.93. The van der Waals surface area contributed by atoms with E-state index in [1.165, 1.54) is 0 Å². The number of aromatic nitrogens is 1. The van der Waals surface area contributed by atoms with Gasteiger partial charge in [-0.25, -0.2) is 4.98 Å². The molecule has 5 heteroatoms. The lowest BCUT2D eigenvalue weighted by atomic mass is 10.3. The number of methoxy groups -OCH3 is 1. The molecule has 0 radical (unpaired) electrons. The fourth-order valence-electron chi connectivity index (χ4n) is 1.41. The van der Waals surface area contributed by atoms with Crippen molar-refractivity contribution >= 4 is 31.9 Å². The Balaban J connectivity index is 2.28. The molecule has 1 aromatic heterocycles. The zero-order chi connectivity index (χ0) is 13.0. The fourth-order valence-corrected chi connectivity index (χ4v) is 2.28. The predicted octanol–water partition coefficient (Wildman–Crippen LogP) is 4.54. The quantitative estimate of drug-likeness (QED) is 0.738. The third-order valence-electron chi connectivity index (χ3n) is 2.34. The highest BCUT2D eigenvalue weighted by molar-refractivity contribution is 9.10. The van der Waals surface area contributed by atoms with Crippen LogP contribution in [0.15, 0.2) is 41.0 Å². The second-order valence-corrected chi connectivity index (χ2v) is 4.91. The highest BCUT2D eigenvalue weighted by atomic mass is 79.9. The standard InChI is InChI=1S/C13H11Br2NO2/c1-17-10-4-5-12(11(15)7-10)18-13-9(8-14)3-2-6-16-13/h2-7H,8H2,1H3. The molecular weight excluding hydrogens is 362 g/mol. The van der Waals surface area contributed by atoms with Gasteiger partial charge in [-0.3, -0.25) is 0 Å². The summed E-state index contributed by atoms with van der Waals surface area (Å²) in [6.07, 6.45) is 1.71. The summed E-state index contributed by atoms with van der Waals surface area (Å²) < 4.78 is 11.8. The van der Waals surface area contributed by atoms with Gasteiger partial charge in [-0.2, -0.15) is 0 Å². The lowest BCUT2D eigenvalue weighted by molar-refractivity contribution is 0.411. The van der Waals surface area contributed by atoms with Crippen LogP contribution in [0, 0.1) is 0 Å². The first-order chi connectivity index (χ1) is 8.74. The van der Waals surface area contributed by atoms with Crippen molar-refractivity contribution in [1.82, 2.24) is 4.98 Å². The molecule has 0 aliphatic rings. The Morgan fingerprint density at radius 2 is 2.11 bits per heavy atom. The minimum absolute atomic E-state index is 0.597. The molecule has 0 aliphatic carbocycles. The third kappa shape index (κ3) is 3.03. The van der Waals surface area contributed by atoms with Crippen LogP contribution >= 0.6 is 31.9 Å². The molecule has 0 spiro atoms. The van der Waals surface area contributed by atoms with Crippen molar-refractivity contribution in [2.75, 3.05) is 7.11 Å².